The molecule has 9 heteroatoms. The van der Waals surface area contributed by atoms with E-state index in [1.54, 1.807) is 21.6 Å². The minimum absolute atomic E-state index is 0.00738. The van der Waals surface area contributed by atoms with Gasteiger partial charge in [0.2, 0.25) is 0 Å². The summed E-state index contributed by atoms with van der Waals surface area (Å²) in [5.74, 6) is 0.720. The Labute approximate surface area is 197 Å². The van der Waals surface area contributed by atoms with Gasteiger partial charge in [-0.3, -0.25) is 18.9 Å². The first-order valence-electron chi connectivity index (χ1n) is 10.8. The Morgan fingerprint density at radius 1 is 1.28 bits per heavy atom. The van der Waals surface area contributed by atoms with Crippen molar-refractivity contribution in [2.24, 2.45) is 5.92 Å². The SMILES string of the molecule is Cc1cccn2c(=O)c(C=C3SC(=S)N(CC(C)C)C3=O)c(N3CC(C)OC(C)C3)nc12. The molecule has 2 unspecified atom stereocenters. The van der Waals surface area contributed by atoms with Crippen molar-refractivity contribution in [3.8, 4) is 0 Å². The smallest absolute Gasteiger partial charge is 0.267 e. The van der Waals surface area contributed by atoms with E-state index in [2.05, 4.69) is 4.90 Å². The predicted octanol–water partition coefficient (Wildman–Crippen LogP) is 3.47. The van der Waals surface area contributed by atoms with Crippen molar-refractivity contribution < 1.29 is 9.53 Å². The molecule has 0 radical (unpaired) electrons. The minimum atomic E-state index is -0.199. The molecule has 7 nitrogen and oxygen atoms in total. The van der Waals surface area contributed by atoms with Gasteiger partial charge < -0.3 is 9.64 Å². The maximum atomic E-state index is 13.6. The lowest BCUT2D eigenvalue weighted by Crippen LogP contribution is -2.46. The van der Waals surface area contributed by atoms with E-state index in [1.807, 2.05) is 46.8 Å². The van der Waals surface area contributed by atoms with Gasteiger partial charge in [-0.15, -0.1) is 0 Å². The topological polar surface area (TPSA) is 67.2 Å². The molecule has 1 amide bonds. The van der Waals surface area contributed by atoms with Gasteiger partial charge in [0, 0.05) is 25.8 Å². The predicted molar refractivity (Wildman–Crippen MR) is 133 cm³/mol. The van der Waals surface area contributed by atoms with E-state index in [0.717, 1.165) is 5.56 Å². The van der Waals surface area contributed by atoms with Crippen LogP contribution in [0.4, 0.5) is 5.82 Å². The standard InChI is InChI=1S/C23H28N4O3S2/c1-13(2)10-27-22(29)18(32-23(27)31)9-17-20(25-11-15(4)30-16(5)12-25)24-19-14(3)7-6-8-26(19)21(17)28/h6-9,13,15-16H,10-12H2,1-5H3. The number of aryl methyl sites for hydroxylation is 1. The van der Waals surface area contributed by atoms with Gasteiger partial charge in [0.1, 0.15) is 15.8 Å². The maximum absolute atomic E-state index is 13.6. The average molecular weight is 473 g/mol. The maximum Gasteiger partial charge on any atom is 0.267 e. The molecule has 170 valence electrons. The molecule has 0 bridgehead atoms. The summed E-state index contributed by atoms with van der Waals surface area (Å²) in [6.45, 7) is 11.8. The van der Waals surface area contributed by atoms with Crippen LogP contribution in [-0.4, -0.2) is 56.4 Å². The van der Waals surface area contributed by atoms with Crippen molar-refractivity contribution in [3.05, 3.63) is 44.7 Å². The Kier molecular flexibility index (Phi) is 6.42. The lowest BCUT2D eigenvalue weighted by atomic mass is 10.1. The largest absolute Gasteiger partial charge is 0.372 e. The van der Waals surface area contributed by atoms with E-state index in [4.69, 9.17) is 21.9 Å². The van der Waals surface area contributed by atoms with E-state index in [0.29, 0.717) is 51.8 Å². The Hall–Kier alpha value is -2.23. The first-order valence-corrected chi connectivity index (χ1v) is 12.1. The van der Waals surface area contributed by atoms with E-state index < -0.39 is 0 Å². The molecule has 0 aromatic carbocycles. The number of aromatic nitrogens is 2. The Morgan fingerprint density at radius 3 is 2.62 bits per heavy atom. The number of hydrogen-bond acceptors (Lipinski definition) is 7. The van der Waals surface area contributed by atoms with Crippen LogP contribution in [0.15, 0.2) is 28.0 Å². The van der Waals surface area contributed by atoms with Crippen molar-refractivity contribution in [3.63, 3.8) is 0 Å². The van der Waals surface area contributed by atoms with Crippen LogP contribution in [0.5, 0.6) is 0 Å². The molecular formula is C23H28N4O3S2. The van der Waals surface area contributed by atoms with Gasteiger partial charge in [0.25, 0.3) is 11.5 Å². The molecule has 0 spiro atoms. The van der Waals surface area contributed by atoms with Crippen molar-refractivity contribution in [1.29, 1.82) is 0 Å². The fourth-order valence-electron chi connectivity index (χ4n) is 4.17. The number of morpholine rings is 1. The zero-order valence-corrected chi connectivity index (χ0v) is 20.6. The first-order chi connectivity index (χ1) is 15.2. The number of ether oxygens (including phenoxy) is 1. The molecule has 2 aromatic rings. The third kappa shape index (κ3) is 4.33. The first kappa shape index (κ1) is 22.9. The molecule has 0 aliphatic carbocycles. The van der Waals surface area contributed by atoms with Gasteiger partial charge in [0.15, 0.2) is 0 Å². The number of carbonyl (C=O) groups is 1. The highest BCUT2D eigenvalue weighted by Crippen LogP contribution is 2.34. The van der Waals surface area contributed by atoms with Crippen LogP contribution in [0.3, 0.4) is 0 Å². The lowest BCUT2D eigenvalue weighted by Gasteiger charge is -2.36. The molecule has 2 saturated heterocycles. The highest BCUT2D eigenvalue weighted by Gasteiger charge is 2.34. The van der Waals surface area contributed by atoms with Gasteiger partial charge in [-0.25, -0.2) is 4.98 Å². The third-order valence-corrected chi connectivity index (χ3v) is 6.86. The molecule has 2 aromatic heterocycles. The van der Waals surface area contributed by atoms with Crippen molar-refractivity contribution in [2.45, 2.75) is 46.8 Å². The summed E-state index contributed by atoms with van der Waals surface area (Å²) in [6, 6.07) is 3.77. The number of thioether (sulfide) groups is 1. The highest BCUT2D eigenvalue weighted by atomic mass is 32.2. The van der Waals surface area contributed by atoms with E-state index >= 15 is 0 Å². The van der Waals surface area contributed by atoms with E-state index in [1.165, 1.54) is 11.8 Å². The zero-order valence-electron chi connectivity index (χ0n) is 19.0. The van der Waals surface area contributed by atoms with Crippen molar-refractivity contribution >= 4 is 51.7 Å². The summed E-state index contributed by atoms with van der Waals surface area (Å²) in [6.07, 6.45) is 3.40. The van der Waals surface area contributed by atoms with Gasteiger partial charge in [-0.2, -0.15) is 0 Å². The van der Waals surface area contributed by atoms with Crippen LogP contribution in [-0.2, 0) is 9.53 Å². The number of rotatable bonds is 4. The molecule has 32 heavy (non-hydrogen) atoms. The van der Waals surface area contributed by atoms with Crippen LogP contribution in [0, 0.1) is 12.8 Å². The number of amides is 1. The number of anilines is 1. The summed E-state index contributed by atoms with van der Waals surface area (Å²) >= 11 is 6.69. The Bertz CT molecular complexity index is 1160. The monoisotopic (exact) mass is 472 g/mol. The molecule has 2 atom stereocenters. The average Bonchev–Trinajstić information content (AvgIpc) is 2.96. The summed E-state index contributed by atoms with van der Waals surface area (Å²) in [4.78, 5) is 35.7. The fourth-order valence-corrected chi connectivity index (χ4v) is 5.43. The number of thiocarbonyl (C=S) groups is 1. The molecule has 4 rings (SSSR count). The molecule has 4 heterocycles. The number of carbonyl (C=O) groups excluding carboxylic acids is 1. The highest BCUT2D eigenvalue weighted by molar-refractivity contribution is 8.26. The van der Waals surface area contributed by atoms with Gasteiger partial charge in [0.05, 0.1) is 22.7 Å². The molecule has 2 aliphatic rings. The van der Waals surface area contributed by atoms with E-state index in [9.17, 15) is 9.59 Å². The summed E-state index contributed by atoms with van der Waals surface area (Å²) in [7, 11) is 0. The third-order valence-electron chi connectivity index (χ3n) is 5.48. The Balaban J connectivity index is 1.87. The van der Waals surface area contributed by atoms with Crippen LogP contribution in [0.1, 0.15) is 38.8 Å². The molecule has 0 saturated carbocycles. The fraction of sp³-hybridized carbons (Fsp3) is 0.478. The summed E-state index contributed by atoms with van der Waals surface area (Å²) in [5, 5.41) is 0. The lowest BCUT2D eigenvalue weighted by molar-refractivity contribution is -0.122. The molecule has 2 aliphatic heterocycles. The zero-order chi connectivity index (χ0) is 23.2. The van der Waals surface area contributed by atoms with Crippen molar-refractivity contribution in [2.75, 3.05) is 24.5 Å². The second kappa shape index (κ2) is 8.96. The van der Waals surface area contributed by atoms with Gasteiger partial charge in [-0.1, -0.05) is 43.9 Å². The summed E-state index contributed by atoms with van der Waals surface area (Å²) in [5.41, 5.74) is 1.73. The quantitative estimate of drug-likeness (QED) is 0.499. The number of nitrogens with zero attached hydrogens (tertiary/aromatic N) is 4. The second-order valence-corrected chi connectivity index (χ2v) is 10.6. The van der Waals surface area contributed by atoms with Crippen LogP contribution in [0.2, 0.25) is 0 Å². The molecule has 2 fully saturated rings. The molecular weight excluding hydrogens is 444 g/mol. The van der Waals surface area contributed by atoms with Gasteiger partial charge >= 0.3 is 0 Å². The van der Waals surface area contributed by atoms with Crippen LogP contribution < -0.4 is 10.5 Å². The molecule has 0 N–H and O–H groups in total. The number of pyridine rings is 1. The second-order valence-electron chi connectivity index (χ2n) is 8.89. The minimum Gasteiger partial charge on any atom is -0.372 e. The van der Waals surface area contributed by atoms with Crippen LogP contribution in [0.25, 0.3) is 11.7 Å². The normalized spacial score (nSPS) is 23.2. The number of hydrogen-bond donors (Lipinski definition) is 0. The Morgan fingerprint density at radius 2 is 1.97 bits per heavy atom. The van der Waals surface area contributed by atoms with Crippen molar-refractivity contribution in [1.82, 2.24) is 14.3 Å². The van der Waals surface area contributed by atoms with Crippen LogP contribution >= 0.6 is 24.0 Å². The number of fused-ring (bicyclic) bond motifs is 1. The van der Waals surface area contributed by atoms with Gasteiger partial charge in [-0.05, 0) is 44.4 Å². The summed E-state index contributed by atoms with van der Waals surface area (Å²) < 4.78 is 7.96. The van der Waals surface area contributed by atoms with E-state index in [-0.39, 0.29) is 23.7 Å².